The molecule has 3 aromatic carbocycles. The minimum absolute atomic E-state index is 0.380. The number of thioether (sulfide) groups is 1. The SMILES string of the molecule is CCCCCCCCCSc1ccc(-c2ccc(C(=O)Oc3ccc(-c4ncc(CC)cn4)cc3)cc2)cc1. The smallest absolute Gasteiger partial charge is 0.343 e. The van der Waals surface area contributed by atoms with E-state index in [4.69, 9.17) is 4.74 Å². The Labute approximate surface area is 237 Å². The predicted molar refractivity (Wildman–Crippen MR) is 162 cm³/mol. The molecule has 4 aromatic rings. The average Bonchev–Trinajstić information content (AvgIpc) is 2.99. The highest BCUT2D eigenvalue weighted by atomic mass is 32.2. The third-order valence-corrected chi connectivity index (χ3v) is 7.86. The molecule has 0 unspecified atom stereocenters. The molecule has 5 heteroatoms. The lowest BCUT2D eigenvalue weighted by atomic mass is 10.0. The number of unbranched alkanes of at least 4 members (excludes halogenated alkanes) is 6. The topological polar surface area (TPSA) is 52.1 Å². The first kappa shape index (κ1) is 28.6. The van der Waals surface area contributed by atoms with Crippen molar-refractivity contribution in [2.45, 2.75) is 70.1 Å². The largest absolute Gasteiger partial charge is 0.423 e. The second-order valence-electron chi connectivity index (χ2n) is 9.75. The zero-order chi connectivity index (χ0) is 27.3. The number of ether oxygens (including phenoxy) is 1. The lowest BCUT2D eigenvalue weighted by molar-refractivity contribution is 0.0735. The van der Waals surface area contributed by atoms with Crippen LogP contribution in [0.15, 0.2) is 90.1 Å². The van der Waals surface area contributed by atoms with E-state index in [0.29, 0.717) is 17.1 Å². The number of hydrogen-bond donors (Lipinski definition) is 0. The fourth-order valence-corrected chi connectivity index (χ4v) is 5.23. The lowest BCUT2D eigenvalue weighted by Crippen LogP contribution is -2.08. The molecule has 0 atom stereocenters. The Bertz CT molecular complexity index is 1290. The number of aromatic nitrogens is 2. The van der Waals surface area contributed by atoms with Gasteiger partial charge in [0.1, 0.15) is 5.75 Å². The number of rotatable bonds is 14. The van der Waals surface area contributed by atoms with Gasteiger partial charge >= 0.3 is 5.97 Å². The van der Waals surface area contributed by atoms with Crippen LogP contribution in [0.25, 0.3) is 22.5 Å². The van der Waals surface area contributed by atoms with Gasteiger partial charge in [-0.1, -0.05) is 76.6 Å². The van der Waals surface area contributed by atoms with Gasteiger partial charge in [-0.2, -0.15) is 0 Å². The van der Waals surface area contributed by atoms with Crippen LogP contribution in [0.5, 0.6) is 5.75 Å². The minimum Gasteiger partial charge on any atom is -0.423 e. The van der Waals surface area contributed by atoms with Gasteiger partial charge < -0.3 is 4.74 Å². The molecule has 0 radical (unpaired) electrons. The summed E-state index contributed by atoms with van der Waals surface area (Å²) in [6.45, 7) is 4.34. The van der Waals surface area contributed by atoms with E-state index in [9.17, 15) is 4.79 Å². The van der Waals surface area contributed by atoms with E-state index in [-0.39, 0.29) is 5.97 Å². The zero-order valence-electron chi connectivity index (χ0n) is 23.1. The maximum atomic E-state index is 12.7. The number of carbonyl (C=O) groups is 1. The molecule has 4 rings (SSSR count). The summed E-state index contributed by atoms with van der Waals surface area (Å²) in [6.07, 6.45) is 14.0. The maximum Gasteiger partial charge on any atom is 0.343 e. The summed E-state index contributed by atoms with van der Waals surface area (Å²) >= 11 is 1.93. The van der Waals surface area contributed by atoms with Gasteiger partial charge in [0.25, 0.3) is 0 Å². The van der Waals surface area contributed by atoms with E-state index in [2.05, 4.69) is 48.1 Å². The van der Waals surface area contributed by atoms with Crippen molar-refractivity contribution >= 4 is 17.7 Å². The molecule has 0 aliphatic heterocycles. The Balaban J connectivity index is 1.25. The molecule has 0 fully saturated rings. The van der Waals surface area contributed by atoms with Gasteiger partial charge in [-0.05, 0) is 83.8 Å². The van der Waals surface area contributed by atoms with E-state index in [1.807, 2.05) is 60.6 Å². The molecule has 0 spiro atoms. The Morgan fingerprint density at radius 3 is 1.87 bits per heavy atom. The second-order valence-corrected chi connectivity index (χ2v) is 10.9. The normalized spacial score (nSPS) is 10.9. The fourth-order valence-electron chi connectivity index (χ4n) is 4.32. The number of hydrogen-bond acceptors (Lipinski definition) is 5. The molecule has 0 bridgehead atoms. The van der Waals surface area contributed by atoms with Gasteiger partial charge in [0.2, 0.25) is 0 Å². The number of nitrogens with zero attached hydrogens (tertiary/aromatic N) is 2. The van der Waals surface area contributed by atoms with Gasteiger partial charge in [-0.15, -0.1) is 11.8 Å². The molecule has 1 heterocycles. The van der Waals surface area contributed by atoms with Crippen molar-refractivity contribution < 1.29 is 9.53 Å². The summed E-state index contributed by atoms with van der Waals surface area (Å²) in [6, 6.07) is 23.5. The summed E-state index contributed by atoms with van der Waals surface area (Å²) in [4.78, 5) is 22.8. The Morgan fingerprint density at radius 1 is 0.692 bits per heavy atom. The second kappa shape index (κ2) is 15.2. The molecule has 4 nitrogen and oxygen atoms in total. The molecule has 0 N–H and O–H groups in total. The van der Waals surface area contributed by atoms with Gasteiger partial charge in [0.05, 0.1) is 5.56 Å². The highest BCUT2D eigenvalue weighted by Gasteiger charge is 2.10. The molecule has 0 aliphatic rings. The van der Waals surface area contributed by atoms with Crippen molar-refractivity contribution in [3.63, 3.8) is 0 Å². The van der Waals surface area contributed by atoms with Gasteiger partial charge in [-0.3, -0.25) is 0 Å². The Hall–Kier alpha value is -3.44. The van der Waals surface area contributed by atoms with Crippen LogP contribution in [-0.4, -0.2) is 21.7 Å². The summed E-state index contributed by atoms with van der Waals surface area (Å²) in [7, 11) is 0. The first-order valence-electron chi connectivity index (χ1n) is 14.1. The molecular formula is C34H38N2O2S. The molecule has 0 saturated heterocycles. The van der Waals surface area contributed by atoms with Crippen LogP contribution >= 0.6 is 11.8 Å². The molecule has 0 saturated carbocycles. The van der Waals surface area contributed by atoms with E-state index in [1.165, 1.54) is 55.6 Å². The molecule has 39 heavy (non-hydrogen) atoms. The summed E-state index contributed by atoms with van der Waals surface area (Å²) in [5.74, 6) is 1.94. The van der Waals surface area contributed by atoms with Crippen LogP contribution in [0.1, 0.15) is 74.7 Å². The zero-order valence-corrected chi connectivity index (χ0v) is 23.9. The van der Waals surface area contributed by atoms with Crippen LogP contribution in [0.4, 0.5) is 0 Å². The monoisotopic (exact) mass is 538 g/mol. The van der Waals surface area contributed by atoms with Crippen molar-refractivity contribution in [3.05, 3.63) is 96.3 Å². The van der Waals surface area contributed by atoms with Gasteiger partial charge in [0, 0.05) is 22.9 Å². The molecule has 202 valence electrons. The number of carbonyl (C=O) groups excluding carboxylic acids is 1. The Morgan fingerprint density at radius 2 is 1.26 bits per heavy atom. The highest BCUT2D eigenvalue weighted by molar-refractivity contribution is 7.99. The van der Waals surface area contributed by atoms with Crippen LogP contribution in [-0.2, 0) is 6.42 Å². The minimum atomic E-state index is -0.380. The molecule has 0 amide bonds. The average molecular weight is 539 g/mol. The first-order chi connectivity index (χ1) is 19.2. The lowest BCUT2D eigenvalue weighted by Gasteiger charge is -2.08. The highest BCUT2D eigenvalue weighted by Crippen LogP contribution is 2.26. The summed E-state index contributed by atoms with van der Waals surface area (Å²) in [5, 5.41) is 0. The third kappa shape index (κ3) is 8.79. The van der Waals surface area contributed by atoms with Crippen LogP contribution in [0.2, 0.25) is 0 Å². The van der Waals surface area contributed by atoms with Crippen molar-refractivity contribution in [2.75, 3.05) is 5.75 Å². The number of aryl methyl sites for hydroxylation is 1. The standard InChI is InChI=1S/C34H38N2O2S/c1-3-5-6-7-8-9-10-23-39-32-21-17-28(18-22-32)27-11-13-30(14-12-27)34(37)38-31-19-15-29(16-20-31)33-35-24-26(4-2)25-36-33/h11-22,24-25H,3-10,23H2,1-2H3. The van der Waals surface area contributed by atoms with Crippen LogP contribution < -0.4 is 4.74 Å². The van der Waals surface area contributed by atoms with Gasteiger partial charge in [0.15, 0.2) is 5.82 Å². The van der Waals surface area contributed by atoms with Gasteiger partial charge in [-0.25, -0.2) is 14.8 Å². The quantitative estimate of drug-likeness (QED) is 0.0692. The molecular weight excluding hydrogens is 500 g/mol. The fraction of sp³-hybridized carbons (Fsp3) is 0.324. The van der Waals surface area contributed by atoms with Crippen molar-refractivity contribution in [3.8, 4) is 28.3 Å². The molecule has 1 aromatic heterocycles. The Kier molecular flexibility index (Phi) is 11.2. The van der Waals surface area contributed by atoms with E-state index in [1.54, 1.807) is 12.1 Å². The van der Waals surface area contributed by atoms with Crippen molar-refractivity contribution in [2.24, 2.45) is 0 Å². The summed E-state index contributed by atoms with van der Waals surface area (Å²) in [5.41, 5.74) is 4.71. The van der Waals surface area contributed by atoms with Crippen LogP contribution in [0, 0.1) is 0 Å². The summed E-state index contributed by atoms with van der Waals surface area (Å²) < 4.78 is 5.59. The third-order valence-electron chi connectivity index (χ3n) is 6.76. The number of benzene rings is 3. The van der Waals surface area contributed by atoms with Crippen LogP contribution in [0.3, 0.4) is 0 Å². The maximum absolute atomic E-state index is 12.7. The molecule has 0 aliphatic carbocycles. The van der Waals surface area contributed by atoms with E-state index in [0.717, 1.165) is 28.7 Å². The number of esters is 1. The van der Waals surface area contributed by atoms with E-state index < -0.39 is 0 Å². The predicted octanol–water partition coefficient (Wildman–Crippen LogP) is 9.43. The first-order valence-corrected chi connectivity index (χ1v) is 15.1. The van der Waals surface area contributed by atoms with E-state index >= 15 is 0 Å². The van der Waals surface area contributed by atoms with Crippen molar-refractivity contribution in [1.29, 1.82) is 0 Å². The van der Waals surface area contributed by atoms with Crippen molar-refractivity contribution in [1.82, 2.24) is 9.97 Å².